The van der Waals surface area contributed by atoms with E-state index in [0.717, 1.165) is 16.5 Å². The third-order valence-corrected chi connectivity index (χ3v) is 3.40. The number of anilines is 2. The monoisotopic (exact) mass is 246 g/mol. The zero-order valence-electron chi connectivity index (χ0n) is 9.55. The summed E-state index contributed by atoms with van der Waals surface area (Å²) < 4.78 is 0. The van der Waals surface area contributed by atoms with Crippen molar-refractivity contribution in [3.8, 4) is 0 Å². The Morgan fingerprint density at radius 1 is 1.12 bits per heavy atom. The molecule has 5 heteroatoms. The molecule has 0 saturated heterocycles. The van der Waals surface area contributed by atoms with Crippen molar-refractivity contribution >= 4 is 23.4 Å². The highest BCUT2D eigenvalue weighted by Gasteiger charge is 2.07. The Kier molecular flexibility index (Phi) is 3.49. The summed E-state index contributed by atoms with van der Waals surface area (Å²) in [6.45, 7) is 1.83. The van der Waals surface area contributed by atoms with Crippen LogP contribution in [0.5, 0.6) is 0 Å². The number of hydrogen-bond acceptors (Lipinski definition) is 5. The molecule has 4 nitrogen and oxygen atoms in total. The Morgan fingerprint density at radius 3 is 2.53 bits per heavy atom. The second kappa shape index (κ2) is 5.05. The molecule has 0 spiro atoms. The van der Waals surface area contributed by atoms with Crippen molar-refractivity contribution in [2.24, 2.45) is 0 Å². The van der Waals surface area contributed by atoms with E-state index in [-0.39, 0.29) is 5.95 Å². The van der Waals surface area contributed by atoms with Crippen LogP contribution in [-0.2, 0) is 5.75 Å². The third-order valence-electron chi connectivity index (χ3n) is 2.34. The molecular formula is C12H14N4S. The minimum Gasteiger partial charge on any atom is -0.395 e. The van der Waals surface area contributed by atoms with Crippen LogP contribution in [0.25, 0.3) is 0 Å². The molecule has 1 aromatic heterocycles. The summed E-state index contributed by atoms with van der Waals surface area (Å²) in [7, 11) is 0. The second-order valence-electron chi connectivity index (χ2n) is 3.66. The number of nitrogen functional groups attached to an aromatic ring is 2. The van der Waals surface area contributed by atoms with Crippen molar-refractivity contribution in [3.05, 3.63) is 41.6 Å². The molecule has 0 amide bonds. The number of thioether (sulfide) groups is 1. The van der Waals surface area contributed by atoms with Crippen LogP contribution >= 0.6 is 11.8 Å². The van der Waals surface area contributed by atoms with E-state index in [4.69, 9.17) is 11.5 Å². The molecule has 0 aliphatic carbocycles. The van der Waals surface area contributed by atoms with E-state index in [9.17, 15) is 0 Å². The molecule has 0 fully saturated rings. The van der Waals surface area contributed by atoms with Gasteiger partial charge in [-0.3, -0.25) is 0 Å². The maximum atomic E-state index is 5.91. The molecule has 2 aromatic rings. The van der Waals surface area contributed by atoms with E-state index in [1.807, 2.05) is 25.1 Å². The van der Waals surface area contributed by atoms with Crippen LogP contribution in [0.15, 0.2) is 35.4 Å². The van der Waals surface area contributed by atoms with Crippen LogP contribution < -0.4 is 11.5 Å². The van der Waals surface area contributed by atoms with Crippen molar-refractivity contribution in [3.63, 3.8) is 0 Å². The lowest BCUT2D eigenvalue weighted by Crippen LogP contribution is -2.03. The topological polar surface area (TPSA) is 77.8 Å². The predicted molar refractivity (Wildman–Crippen MR) is 71.6 cm³/mol. The molecule has 0 bridgehead atoms. The molecule has 0 atom stereocenters. The van der Waals surface area contributed by atoms with E-state index in [1.54, 1.807) is 11.8 Å². The summed E-state index contributed by atoms with van der Waals surface area (Å²) in [5.41, 5.74) is 14.1. The molecule has 0 radical (unpaired) electrons. The molecule has 0 aliphatic heterocycles. The number of nitrogens with two attached hydrogens (primary N) is 2. The summed E-state index contributed by atoms with van der Waals surface area (Å²) in [5.74, 6) is 1.09. The number of hydrogen-bond donors (Lipinski definition) is 2. The average molecular weight is 246 g/mol. The van der Waals surface area contributed by atoms with Crippen molar-refractivity contribution < 1.29 is 0 Å². The molecule has 0 unspecified atom stereocenters. The quantitative estimate of drug-likeness (QED) is 0.641. The van der Waals surface area contributed by atoms with Gasteiger partial charge in [0.2, 0.25) is 5.95 Å². The first-order valence-electron chi connectivity index (χ1n) is 5.23. The number of rotatable bonds is 3. The van der Waals surface area contributed by atoms with Crippen molar-refractivity contribution in [2.45, 2.75) is 17.7 Å². The van der Waals surface area contributed by atoms with Crippen LogP contribution in [0.4, 0.5) is 11.6 Å². The molecule has 4 N–H and O–H groups in total. The lowest BCUT2D eigenvalue weighted by Gasteiger charge is -2.07. The van der Waals surface area contributed by atoms with Gasteiger partial charge in [-0.2, -0.15) is 0 Å². The molecule has 2 rings (SSSR count). The Labute approximate surface area is 104 Å². The zero-order chi connectivity index (χ0) is 12.3. The van der Waals surface area contributed by atoms with Gasteiger partial charge in [0.1, 0.15) is 5.03 Å². The molecule has 0 saturated carbocycles. The summed E-state index contributed by atoms with van der Waals surface area (Å²) in [5, 5.41) is 0.749. The predicted octanol–water partition coefficient (Wildman–Crippen LogP) is 2.24. The van der Waals surface area contributed by atoms with Crippen LogP contribution in [0.3, 0.4) is 0 Å². The normalized spacial score (nSPS) is 10.4. The van der Waals surface area contributed by atoms with Gasteiger partial charge >= 0.3 is 0 Å². The van der Waals surface area contributed by atoms with Gasteiger partial charge < -0.3 is 11.5 Å². The van der Waals surface area contributed by atoms with E-state index < -0.39 is 0 Å². The highest BCUT2D eigenvalue weighted by atomic mass is 32.2. The summed E-state index contributed by atoms with van der Waals surface area (Å²) in [6, 6.07) is 10.2. The van der Waals surface area contributed by atoms with Gasteiger partial charge in [-0.15, -0.1) is 0 Å². The number of benzene rings is 1. The Hall–Kier alpha value is -1.75. The first kappa shape index (κ1) is 11.7. The molecule has 88 valence electrons. The average Bonchev–Trinajstić information content (AvgIpc) is 2.33. The zero-order valence-corrected chi connectivity index (χ0v) is 10.4. The summed E-state index contributed by atoms with van der Waals surface area (Å²) >= 11 is 1.57. The summed E-state index contributed by atoms with van der Waals surface area (Å²) in [4.78, 5) is 8.17. The molecule has 0 aliphatic rings. The van der Waals surface area contributed by atoms with Gasteiger partial charge in [0, 0.05) is 5.75 Å². The minimum absolute atomic E-state index is 0.271. The highest BCUT2D eigenvalue weighted by molar-refractivity contribution is 7.98. The van der Waals surface area contributed by atoms with Gasteiger partial charge in [-0.25, -0.2) is 9.97 Å². The van der Waals surface area contributed by atoms with Crippen LogP contribution in [0.2, 0.25) is 0 Å². The van der Waals surface area contributed by atoms with Crippen molar-refractivity contribution in [2.75, 3.05) is 11.5 Å². The third kappa shape index (κ3) is 2.88. The Balaban J connectivity index is 2.14. The number of aromatic nitrogens is 2. The highest BCUT2D eigenvalue weighted by Crippen LogP contribution is 2.28. The molecule has 17 heavy (non-hydrogen) atoms. The fraction of sp³-hybridized carbons (Fsp3) is 0.167. The number of aryl methyl sites for hydroxylation is 1. The van der Waals surface area contributed by atoms with E-state index in [2.05, 4.69) is 22.1 Å². The van der Waals surface area contributed by atoms with Gasteiger partial charge in [0.15, 0.2) is 0 Å². The molecule has 1 aromatic carbocycles. The fourth-order valence-corrected chi connectivity index (χ4v) is 2.37. The van der Waals surface area contributed by atoms with Gasteiger partial charge in [0.05, 0.1) is 11.4 Å². The van der Waals surface area contributed by atoms with Gasteiger partial charge in [0.25, 0.3) is 0 Å². The van der Waals surface area contributed by atoms with Crippen molar-refractivity contribution in [1.29, 1.82) is 0 Å². The smallest absolute Gasteiger partial charge is 0.221 e. The van der Waals surface area contributed by atoms with E-state index >= 15 is 0 Å². The van der Waals surface area contributed by atoms with Crippen LogP contribution in [0, 0.1) is 6.92 Å². The SMILES string of the molecule is Cc1nc(N)nc(SCc2ccccc2)c1N. The number of nitrogens with zero attached hydrogens (tertiary/aromatic N) is 2. The molecular weight excluding hydrogens is 232 g/mol. The van der Waals surface area contributed by atoms with E-state index in [1.165, 1.54) is 5.56 Å². The first-order valence-corrected chi connectivity index (χ1v) is 6.21. The minimum atomic E-state index is 0.271. The fourth-order valence-electron chi connectivity index (χ4n) is 1.41. The van der Waals surface area contributed by atoms with Gasteiger partial charge in [-0.05, 0) is 12.5 Å². The second-order valence-corrected chi connectivity index (χ2v) is 4.62. The van der Waals surface area contributed by atoms with Gasteiger partial charge in [-0.1, -0.05) is 42.1 Å². The first-order chi connectivity index (χ1) is 8.16. The lowest BCUT2D eigenvalue weighted by atomic mass is 10.2. The van der Waals surface area contributed by atoms with E-state index in [0.29, 0.717) is 5.69 Å². The van der Waals surface area contributed by atoms with Crippen LogP contribution in [-0.4, -0.2) is 9.97 Å². The summed E-state index contributed by atoms with van der Waals surface area (Å²) in [6.07, 6.45) is 0. The largest absolute Gasteiger partial charge is 0.395 e. The standard InChI is InChI=1S/C12H14N4S/c1-8-10(13)11(16-12(14)15-8)17-7-9-5-3-2-4-6-9/h2-6H,7,13H2,1H3,(H2,14,15,16). The maximum Gasteiger partial charge on any atom is 0.221 e. The lowest BCUT2D eigenvalue weighted by molar-refractivity contribution is 1.03. The maximum absolute atomic E-state index is 5.91. The molecule has 1 heterocycles. The Morgan fingerprint density at radius 2 is 1.82 bits per heavy atom. The van der Waals surface area contributed by atoms with Crippen LogP contribution in [0.1, 0.15) is 11.3 Å². The Bertz CT molecular complexity index is 513. The van der Waals surface area contributed by atoms with Crippen molar-refractivity contribution in [1.82, 2.24) is 9.97 Å².